The predicted molar refractivity (Wildman–Crippen MR) is 70.4 cm³/mol. The average Bonchev–Trinajstić information content (AvgIpc) is 3.15. The van der Waals surface area contributed by atoms with Crippen molar-refractivity contribution in [2.75, 3.05) is 19.6 Å². The number of likely N-dealkylation sites (tertiary alicyclic amines) is 1. The van der Waals surface area contributed by atoms with Gasteiger partial charge in [0.1, 0.15) is 5.69 Å². The van der Waals surface area contributed by atoms with Crippen LogP contribution in [0, 0.1) is 5.92 Å². The third-order valence-corrected chi connectivity index (χ3v) is 4.17. The molecular formula is C14H21N3O. The van der Waals surface area contributed by atoms with Crippen molar-refractivity contribution in [1.29, 1.82) is 0 Å². The van der Waals surface area contributed by atoms with Crippen LogP contribution >= 0.6 is 0 Å². The molecule has 1 amide bonds. The molecule has 1 aromatic rings. The smallest absolute Gasteiger partial charge is 0.270 e. The van der Waals surface area contributed by atoms with Gasteiger partial charge in [-0.2, -0.15) is 0 Å². The lowest BCUT2D eigenvalue weighted by Crippen LogP contribution is -2.40. The monoisotopic (exact) mass is 247 g/mol. The lowest BCUT2D eigenvalue weighted by atomic mass is 9.97. The molecule has 2 fully saturated rings. The number of carbonyl (C=O) groups is 1. The van der Waals surface area contributed by atoms with Crippen LogP contribution in [0.3, 0.4) is 0 Å². The Kier molecular flexibility index (Phi) is 3.12. The Morgan fingerprint density at radius 3 is 2.61 bits per heavy atom. The van der Waals surface area contributed by atoms with Gasteiger partial charge in [0, 0.05) is 25.3 Å². The largest absolute Gasteiger partial charge is 0.340 e. The fraction of sp³-hybridized carbons (Fsp3) is 0.643. The summed E-state index contributed by atoms with van der Waals surface area (Å²) in [5.74, 6) is 0.798. The fourth-order valence-corrected chi connectivity index (χ4v) is 2.78. The van der Waals surface area contributed by atoms with E-state index < -0.39 is 0 Å². The second-order valence-electron chi connectivity index (χ2n) is 5.50. The molecule has 2 N–H and O–H groups in total. The molecule has 0 bridgehead atoms. The summed E-state index contributed by atoms with van der Waals surface area (Å²) in [6.45, 7) is 2.47. The number of nitrogens with zero attached hydrogens (tertiary/aromatic N) is 2. The van der Waals surface area contributed by atoms with Crippen LogP contribution in [0.25, 0.3) is 0 Å². The van der Waals surface area contributed by atoms with E-state index in [-0.39, 0.29) is 5.91 Å². The van der Waals surface area contributed by atoms with Crippen molar-refractivity contribution in [3.05, 3.63) is 24.0 Å². The maximum Gasteiger partial charge on any atom is 0.270 e. The summed E-state index contributed by atoms with van der Waals surface area (Å²) in [6, 6.07) is 4.51. The Balaban J connectivity index is 1.69. The first-order chi connectivity index (χ1) is 8.79. The standard InChI is InChI=1S/C14H21N3O/c15-10-11-5-8-16(9-6-11)14(18)13-2-1-7-17(13)12-3-4-12/h1-2,7,11-12H,3-6,8-10,15H2. The maximum atomic E-state index is 12.5. The molecule has 1 aliphatic heterocycles. The highest BCUT2D eigenvalue weighted by atomic mass is 16.2. The van der Waals surface area contributed by atoms with E-state index >= 15 is 0 Å². The van der Waals surface area contributed by atoms with Crippen LogP contribution in [-0.4, -0.2) is 35.0 Å². The molecule has 2 heterocycles. The lowest BCUT2D eigenvalue weighted by molar-refractivity contribution is 0.0682. The molecule has 0 unspecified atom stereocenters. The van der Waals surface area contributed by atoms with E-state index in [1.54, 1.807) is 0 Å². The molecule has 1 aromatic heterocycles. The number of aromatic nitrogens is 1. The van der Waals surface area contributed by atoms with E-state index in [9.17, 15) is 4.79 Å². The van der Waals surface area contributed by atoms with Gasteiger partial charge in [0.05, 0.1) is 0 Å². The van der Waals surface area contributed by atoms with E-state index in [4.69, 9.17) is 5.73 Å². The van der Waals surface area contributed by atoms with Crippen LogP contribution in [-0.2, 0) is 0 Å². The molecule has 0 spiro atoms. The van der Waals surface area contributed by atoms with Crippen molar-refractivity contribution < 1.29 is 4.79 Å². The third kappa shape index (κ3) is 2.17. The first kappa shape index (κ1) is 11.8. The summed E-state index contributed by atoms with van der Waals surface area (Å²) in [5.41, 5.74) is 6.55. The second-order valence-corrected chi connectivity index (χ2v) is 5.50. The number of carbonyl (C=O) groups excluding carboxylic acids is 1. The summed E-state index contributed by atoms with van der Waals surface area (Å²) in [7, 11) is 0. The van der Waals surface area contributed by atoms with E-state index in [1.165, 1.54) is 12.8 Å². The predicted octanol–water partition coefficient (Wildman–Crippen LogP) is 1.63. The molecule has 0 atom stereocenters. The van der Waals surface area contributed by atoms with Crippen LogP contribution in [0.4, 0.5) is 0 Å². The molecule has 1 aliphatic carbocycles. The van der Waals surface area contributed by atoms with Crippen LogP contribution in [0.2, 0.25) is 0 Å². The minimum Gasteiger partial charge on any atom is -0.340 e. The summed E-state index contributed by atoms with van der Waals surface area (Å²) in [5, 5.41) is 0. The normalized spacial score (nSPS) is 21.3. The number of rotatable bonds is 3. The minimum atomic E-state index is 0.197. The number of nitrogens with two attached hydrogens (primary N) is 1. The van der Waals surface area contributed by atoms with E-state index in [1.807, 2.05) is 23.2 Å². The number of hydrogen-bond acceptors (Lipinski definition) is 2. The summed E-state index contributed by atoms with van der Waals surface area (Å²) in [4.78, 5) is 14.5. The zero-order valence-corrected chi connectivity index (χ0v) is 10.7. The van der Waals surface area contributed by atoms with Gasteiger partial charge in [0.25, 0.3) is 5.91 Å². The average molecular weight is 247 g/mol. The molecule has 18 heavy (non-hydrogen) atoms. The van der Waals surface area contributed by atoms with Gasteiger partial charge in [-0.1, -0.05) is 0 Å². The highest BCUT2D eigenvalue weighted by Crippen LogP contribution is 2.36. The second kappa shape index (κ2) is 4.76. The van der Waals surface area contributed by atoms with Gasteiger partial charge in [0.15, 0.2) is 0 Å². The number of hydrogen-bond donors (Lipinski definition) is 1. The van der Waals surface area contributed by atoms with Gasteiger partial charge in [0.2, 0.25) is 0 Å². The Morgan fingerprint density at radius 1 is 1.28 bits per heavy atom. The van der Waals surface area contributed by atoms with E-state index in [0.717, 1.165) is 38.2 Å². The maximum absolute atomic E-state index is 12.5. The first-order valence-corrected chi connectivity index (χ1v) is 6.96. The summed E-state index contributed by atoms with van der Waals surface area (Å²) in [6.07, 6.45) is 6.56. The Labute approximate surface area is 108 Å². The van der Waals surface area contributed by atoms with Crippen LogP contribution < -0.4 is 5.73 Å². The summed E-state index contributed by atoms with van der Waals surface area (Å²) < 4.78 is 2.15. The highest BCUT2D eigenvalue weighted by molar-refractivity contribution is 5.93. The SMILES string of the molecule is NCC1CCN(C(=O)c2cccn2C2CC2)CC1. The Bertz CT molecular complexity index is 428. The van der Waals surface area contributed by atoms with Crippen molar-refractivity contribution in [2.24, 2.45) is 11.7 Å². The van der Waals surface area contributed by atoms with Crippen molar-refractivity contribution in [1.82, 2.24) is 9.47 Å². The van der Waals surface area contributed by atoms with Crippen LogP contribution in [0.15, 0.2) is 18.3 Å². The molecule has 1 saturated heterocycles. The van der Waals surface area contributed by atoms with Gasteiger partial charge in [-0.3, -0.25) is 4.79 Å². The number of piperidine rings is 1. The molecule has 0 radical (unpaired) electrons. The Hall–Kier alpha value is -1.29. The molecule has 4 heteroatoms. The minimum absolute atomic E-state index is 0.197. The quantitative estimate of drug-likeness (QED) is 0.882. The van der Waals surface area contributed by atoms with Gasteiger partial charge in [-0.05, 0) is 50.3 Å². The molecule has 3 rings (SSSR count). The zero-order chi connectivity index (χ0) is 12.5. The molecule has 2 aliphatic rings. The molecule has 0 aromatic carbocycles. The topological polar surface area (TPSA) is 51.3 Å². The highest BCUT2D eigenvalue weighted by Gasteiger charge is 2.29. The van der Waals surface area contributed by atoms with Gasteiger partial charge < -0.3 is 15.2 Å². The fourth-order valence-electron chi connectivity index (χ4n) is 2.78. The van der Waals surface area contributed by atoms with Crippen LogP contribution in [0.1, 0.15) is 42.2 Å². The van der Waals surface area contributed by atoms with Gasteiger partial charge >= 0.3 is 0 Å². The first-order valence-electron chi connectivity index (χ1n) is 6.96. The molecule has 1 saturated carbocycles. The molecule has 98 valence electrons. The lowest BCUT2D eigenvalue weighted by Gasteiger charge is -2.31. The van der Waals surface area contributed by atoms with Crippen LogP contribution in [0.5, 0.6) is 0 Å². The molecular weight excluding hydrogens is 226 g/mol. The van der Waals surface area contributed by atoms with Crippen molar-refractivity contribution in [3.63, 3.8) is 0 Å². The van der Waals surface area contributed by atoms with E-state index in [0.29, 0.717) is 12.0 Å². The zero-order valence-electron chi connectivity index (χ0n) is 10.7. The van der Waals surface area contributed by atoms with E-state index in [2.05, 4.69) is 4.57 Å². The molecule has 4 nitrogen and oxygen atoms in total. The van der Waals surface area contributed by atoms with Gasteiger partial charge in [-0.25, -0.2) is 0 Å². The van der Waals surface area contributed by atoms with Crippen molar-refractivity contribution in [3.8, 4) is 0 Å². The van der Waals surface area contributed by atoms with Crippen molar-refractivity contribution in [2.45, 2.75) is 31.7 Å². The van der Waals surface area contributed by atoms with Crippen molar-refractivity contribution >= 4 is 5.91 Å². The van der Waals surface area contributed by atoms with Gasteiger partial charge in [-0.15, -0.1) is 0 Å². The summed E-state index contributed by atoms with van der Waals surface area (Å²) >= 11 is 0. The number of amides is 1. The third-order valence-electron chi connectivity index (χ3n) is 4.17. The Morgan fingerprint density at radius 2 is 2.00 bits per heavy atom.